The molecule has 0 saturated carbocycles. The Labute approximate surface area is 109 Å². The number of rotatable bonds is 4. The highest BCUT2D eigenvalue weighted by Gasteiger charge is 2.30. The third-order valence-corrected chi connectivity index (χ3v) is 3.16. The summed E-state index contributed by atoms with van der Waals surface area (Å²) < 4.78 is 39.7. The molecule has 0 amide bonds. The van der Waals surface area contributed by atoms with E-state index in [0.717, 1.165) is 42.7 Å². The maximum absolute atomic E-state index is 12.6. The summed E-state index contributed by atoms with van der Waals surface area (Å²) in [5, 5.41) is 0. The molecule has 19 heavy (non-hydrogen) atoms. The normalized spacial score (nSPS) is 12.3. The number of hydrogen-bond donors (Lipinski definition) is 1. The van der Waals surface area contributed by atoms with Crippen molar-refractivity contribution in [2.24, 2.45) is 12.8 Å². The molecule has 0 saturated heterocycles. The first-order valence-electron chi connectivity index (χ1n) is 6.16. The summed E-state index contributed by atoms with van der Waals surface area (Å²) in [6.07, 6.45) is -1.83. The lowest BCUT2D eigenvalue weighted by Crippen LogP contribution is -2.04. The lowest BCUT2D eigenvalue weighted by atomic mass is 10.2. The Bertz CT molecular complexity index is 572. The lowest BCUT2D eigenvalue weighted by Gasteiger charge is -2.05. The third kappa shape index (κ3) is 2.89. The van der Waals surface area contributed by atoms with E-state index in [4.69, 9.17) is 5.73 Å². The van der Waals surface area contributed by atoms with Crippen LogP contribution in [-0.2, 0) is 19.6 Å². The van der Waals surface area contributed by atoms with Crippen molar-refractivity contribution in [2.75, 3.05) is 6.54 Å². The van der Waals surface area contributed by atoms with Crippen LogP contribution in [0.5, 0.6) is 0 Å². The van der Waals surface area contributed by atoms with Crippen molar-refractivity contribution >= 4 is 11.0 Å². The molecule has 0 aliphatic heterocycles. The van der Waals surface area contributed by atoms with E-state index in [1.54, 1.807) is 0 Å². The number of fused-ring (bicyclic) bond motifs is 1. The largest absolute Gasteiger partial charge is 0.416 e. The molecule has 0 bridgehead atoms. The number of nitrogens with two attached hydrogens (primary N) is 1. The highest BCUT2D eigenvalue weighted by Crippen LogP contribution is 2.31. The Morgan fingerprint density at radius 2 is 2.00 bits per heavy atom. The van der Waals surface area contributed by atoms with Gasteiger partial charge in [0.1, 0.15) is 5.82 Å². The number of nitrogens with zero attached hydrogens (tertiary/aromatic N) is 2. The fourth-order valence-electron chi connectivity index (χ4n) is 2.08. The number of halogens is 3. The average Bonchev–Trinajstić information content (AvgIpc) is 2.65. The number of hydrogen-bond acceptors (Lipinski definition) is 2. The minimum atomic E-state index is -4.33. The average molecular weight is 271 g/mol. The molecule has 0 spiro atoms. The van der Waals surface area contributed by atoms with Crippen LogP contribution in [-0.4, -0.2) is 16.1 Å². The molecule has 1 aromatic carbocycles. The second-order valence-electron chi connectivity index (χ2n) is 4.53. The number of unbranched alkanes of at least 4 members (excludes halogenated alkanes) is 1. The van der Waals surface area contributed by atoms with E-state index in [2.05, 4.69) is 4.98 Å². The molecule has 2 aromatic rings. The maximum Gasteiger partial charge on any atom is 0.416 e. The summed E-state index contributed by atoms with van der Waals surface area (Å²) in [7, 11) is 1.82. The molecule has 0 unspecified atom stereocenters. The van der Waals surface area contributed by atoms with Gasteiger partial charge >= 0.3 is 6.18 Å². The van der Waals surface area contributed by atoms with Crippen LogP contribution >= 0.6 is 0 Å². The molecule has 0 radical (unpaired) electrons. The Balaban J connectivity index is 2.34. The zero-order valence-electron chi connectivity index (χ0n) is 10.7. The van der Waals surface area contributed by atoms with Crippen LogP contribution in [0.15, 0.2) is 18.2 Å². The van der Waals surface area contributed by atoms with Crippen LogP contribution in [0.4, 0.5) is 13.2 Å². The zero-order valence-corrected chi connectivity index (χ0v) is 10.7. The van der Waals surface area contributed by atoms with E-state index in [1.165, 1.54) is 6.07 Å². The van der Waals surface area contributed by atoms with Gasteiger partial charge in [0.25, 0.3) is 0 Å². The van der Waals surface area contributed by atoms with Crippen LogP contribution in [0.25, 0.3) is 11.0 Å². The standard InChI is InChI=1S/C13H16F3N3/c1-19-11-6-5-9(13(14,15)16)8-10(11)18-12(19)4-2-3-7-17/h5-6,8H,2-4,7,17H2,1H3. The lowest BCUT2D eigenvalue weighted by molar-refractivity contribution is -0.137. The fraction of sp³-hybridized carbons (Fsp3) is 0.462. The topological polar surface area (TPSA) is 43.8 Å². The zero-order chi connectivity index (χ0) is 14.0. The molecular formula is C13H16F3N3. The summed E-state index contributed by atoms with van der Waals surface area (Å²) >= 11 is 0. The number of imidazole rings is 1. The summed E-state index contributed by atoms with van der Waals surface area (Å²) in [5.41, 5.74) is 5.87. The minimum Gasteiger partial charge on any atom is -0.331 e. The Morgan fingerprint density at radius 3 is 2.63 bits per heavy atom. The predicted molar refractivity (Wildman–Crippen MR) is 67.7 cm³/mol. The van der Waals surface area contributed by atoms with Crippen molar-refractivity contribution in [1.82, 2.24) is 9.55 Å². The van der Waals surface area contributed by atoms with Gasteiger partial charge in [-0.1, -0.05) is 0 Å². The summed E-state index contributed by atoms with van der Waals surface area (Å²) in [6.45, 7) is 0.613. The van der Waals surface area contributed by atoms with Gasteiger partial charge in [0.2, 0.25) is 0 Å². The van der Waals surface area contributed by atoms with Gasteiger partial charge in [-0.15, -0.1) is 0 Å². The van der Waals surface area contributed by atoms with Gasteiger partial charge in [-0.05, 0) is 37.6 Å². The van der Waals surface area contributed by atoms with E-state index in [9.17, 15) is 13.2 Å². The number of benzene rings is 1. The molecule has 2 N–H and O–H groups in total. The van der Waals surface area contributed by atoms with Gasteiger partial charge < -0.3 is 10.3 Å². The molecular weight excluding hydrogens is 255 g/mol. The quantitative estimate of drug-likeness (QED) is 0.869. The summed E-state index contributed by atoms with van der Waals surface area (Å²) in [6, 6.07) is 3.66. The smallest absolute Gasteiger partial charge is 0.331 e. The van der Waals surface area contributed by atoms with Crippen LogP contribution in [0.3, 0.4) is 0 Å². The molecule has 0 atom stereocenters. The Hall–Kier alpha value is -1.56. The van der Waals surface area contributed by atoms with Gasteiger partial charge in [-0.2, -0.15) is 13.2 Å². The molecule has 0 fully saturated rings. The van der Waals surface area contributed by atoms with Crippen LogP contribution in [0.2, 0.25) is 0 Å². The highest BCUT2D eigenvalue weighted by atomic mass is 19.4. The van der Waals surface area contributed by atoms with Crippen LogP contribution in [0.1, 0.15) is 24.2 Å². The molecule has 0 aliphatic rings. The molecule has 3 nitrogen and oxygen atoms in total. The fourth-order valence-corrected chi connectivity index (χ4v) is 2.08. The van der Waals surface area contributed by atoms with E-state index in [0.29, 0.717) is 12.1 Å². The maximum atomic E-state index is 12.6. The number of alkyl halides is 3. The number of aromatic nitrogens is 2. The van der Waals surface area contributed by atoms with Crippen molar-refractivity contribution in [1.29, 1.82) is 0 Å². The monoisotopic (exact) mass is 271 g/mol. The van der Waals surface area contributed by atoms with E-state index >= 15 is 0 Å². The molecule has 0 aliphatic carbocycles. The SMILES string of the molecule is Cn1c(CCCCN)nc2cc(C(F)(F)F)ccc21. The molecule has 2 rings (SSSR count). The Morgan fingerprint density at radius 1 is 1.26 bits per heavy atom. The van der Waals surface area contributed by atoms with E-state index in [1.807, 2.05) is 11.6 Å². The van der Waals surface area contributed by atoms with Crippen molar-refractivity contribution < 1.29 is 13.2 Å². The predicted octanol–water partition coefficient (Wildman–Crippen LogP) is 2.87. The van der Waals surface area contributed by atoms with Crippen molar-refractivity contribution in [3.63, 3.8) is 0 Å². The highest BCUT2D eigenvalue weighted by molar-refractivity contribution is 5.77. The molecule has 6 heteroatoms. The third-order valence-electron chi connectivity index (χ3n) is 3.16. The van der Waals surface area contributed by atoms with Crippen LogP contribution < -0.4 is 5.73 Å². The first-order valence-corrected chi connectivity index (χ1v) is 6.16. The van der Waals surface area contributed by atoms with Crippen LogP contribution in [0, 0.1) is 0 Å². The van der Waals surface area contributed by atoms with Gasteiger partial charge in [0.15, 0.2) is 0 Å². The minimum absolute atomic E-state index is 0.389. The summed E-state index contributed by atoms with van der Waals surface area (Å²) in [5.74, 6) is 0.794. The van der Waals surface area contributed by atoms with Gasteiger partial charge in [-0.25, -0.2) is 4.98 Å². The van der Waals surface area contributed by atoms with E-state index in [-0.39, 0.29) is 0 Å². The Kier molecular flexibility index (Phi) is 3.80. The van der Waals surface area contributed by atoms with Gasteiger partial charge in [-0.3, -0.25) is 0 Å². The first kappa shape index (κ1) is 13.9. The molecule has 1 heterocycles. The summed E-state index contributed by atoms with van der Waals surface area (Å²) in [4.78, 5) is 4.28. The second-order valence-corrected chi connectivity index (χ2v) is 4.53. The van der Waals surface area contributed by atoms with Gasteiger partial charge in [0.05, 0.1) is 16.6 Å². The first-order chi connectivity index (χ1) is 8.93. The number of aryl methyl sites for hydroxylation is 2. The van der Waals surface area contributed by atoms with Crippen molar-refractivity contribution in [2.45, 2.75) is 25.4 Å². The van der Waals surface area contributed by atoms with E-state index < -0.39 is 11.7 Å². The van der Waals surface area contributed by atoms with Gasteiger partial charge in [0, 0.05) is 13.5 Å². The second kappa shape index (κ2) is 5.21. The van der Waals surface area contributed by atoms with Crippen molar-refractivity contribution in [3.05, 3.63) is 29.6 Å². The molecule has 1 aromatic heterocycles. The molecule has 104 valence electrons. The van der Waals surface area contributed by atoms with Crippen molar-refractivity contribution in [3.8, 4) is 0 Å².